The molecule has 0 radical (unpaired) electrons. The molecule has 0 amide bonds. The monoisotopic (exact) mass is 300 g/mol. The fourth-order valence-corrected chi connectivity index (χ4v) is 3.40. The van der Waals surface area contributed by atoms with E-state index < -0.39 is 17.8 Å². The minimum absolute atomic E-state index is 0.0655. The third-order valence-corrected chi connectivity index (χ3v) is 4.82. The van der Waals surface area contributed by atoms with Crippen molar-refractivity contribution in [1.29, 1.82) is 0 Å². The van der Waals surface area contributed by atoms with Gasteiger partial charge in [-0.1, -0.05) is 12.1 Å². The third kappa shape index (κ3) is 2.94. The predicted octanol–water partition coefficient (Wildman–Crippen LogP) is 4.09. The lowest BCUT2D eigenvalue weighted by atomic mass is 9.70. The van der Waals surface area contributed by atoms with E-state index >= 15 is 0 Å². The van der Waals surface area contributed by atoms with Crippen LogP contribution in [0, 0.1) is 5.92 Å². The second-order valence-electron chi connectivity index (χ2n) is 6.20. The maximum atomic E-state index is 12.6. The molecule has 1 aromatic carbocycles. The number of aliphatic hydroxyl groups excluding tert-OH is 1. The van der Waals surface area contributed by atoms with Crippen LogP contribution in [0.3, 0.4) is 0 Å². The summed E-state index contributed by atoms with van der Waals surface area (Å²) in [5.41, 5.74) is -0.194. The van der Waals surface area contributed by atoms with Crippen molar-refractivity contribution < 1.29 is 23.0 Å². The molecule has 2 aliphatic rings. The van der Waals surface area contributed by atoms with Gasteiger partial charge in [0.05, 0.1) is 17.3 Å². The Morgan fingerprint density at radius 3 is 2.38 bits per heavy atom. The van der Waals surface area contributed by atoms with E-state index in [1.54, 1.807) is 0 Å². The highest BCUT2D eigenvalue weighted by Crippen LogP contribution is 2.47. The first-order chi connectivity index (χ1) is 9.90. The molecule has 1 aromatic rings. The van der Waals surface area contributed by atoms with Crippen LogP contribution in [0.5, 0.6) is 0 Å². The van der Waals surface area contributed by atoms with Crippen LogP contribution in [0.4, 0.5) is 13.2 Å². The molecule has 1 spiro atoms. The highest BCUT2D eigenvalue weighted by Gasteiger charge is 2.44. The van der Waals surface area contributed by atoms with Crippen molar-refractivity contribution >= 4 is 0 Å². The van der Waals surface area contributed by atoms with Crippen molar-refractivity contribution in [3.05, 3.63) is 35.4 Å². The summed E-state index contributed by atoms with van der Waals surface area (Å²) in [7, 11) is 0. The van der Waals surface area contributed by atoms with Gasteiger partial charge in [0.25, 0.3) is 0 Å². The molecule has 1 saturated heterocycles. The second-order valence-corrected chi connectivity index (χ2v) is 6.20. The molecule has 1 heterocycles. The summed E-state index contributed by atoms with van der Waals surface area (Å²) in [5.74, 6) is 0.0655. The first kappa shape index (κ1) is 14.9. The Balaban J connectivity index is 1.71. The summed E-state index contributed by atoms with van der Waals surface area (Å²) >= 11 is 0. The van der Waals surface area contributed by atoms with E-state index in [4.69, 9.17) is 4.74 Å². The quantitative estimate of drug-likeness (QED) is 0.891. The minimum Gasteiger partial charge on any atom is -0.388 e. The molecule has 116 valence electrons. The van der Waals surface area contributed by atoms with E-state index in [2.05, 4.69) is 0 Å². The molecule has 1 aliphatic heterocycles. The molecule has 1 aliphatic carbocycles. The number of hydrogen-bond donors (Lipinski definition) is 1. The van der Waals surface area contributed by atoms with Gasteiger partial charge in [-0.05, 0) is 55.7 Å². The molecule has 2 fully saturated rings. The molecular formula is C16H19F3O2. The lowest BCUT2D eigenvalue weighted by Gasteiger charge is -2.48. The molecule has 2 atom stereocenters. The van der Waals surface area contributed by atoms with E-state index in [1.807, 2.05) is 0 Å². The topological polar surface area (TPSA) is 29.5 Å². The normalized spacial score (nSPS) is 26.4. The first-order valence-corrected chi connectivity index (χ1v) is 7.39. The van der Waals surface area contributed by atoms with Crippen LogP contribution in [0.25, 0.3) is 0 Å². The largest absolute Gasteiger partial charge is 0.416 e. The molecular weight excluding hydrogens is 281 g/mol. The van der Waals surface area contributed by atoms with Crippen LogP contribution in [-0.4, -0.2) is 17.3 Å². The maximum Gasteiger partial charge on any atom is 0.416 e. The molecule has 1 N–H and O–H groups in total. The van der Waals surface area contributed by atoms with E-state index in [9.17, 15) is 18.3 Å². The van der Waals surface area contributed by atoms with Crippen molar-refractivity contribution in [1.82, 2.24) is 0 Å². The van der Waals surface area contributed by atoms with E-state index in [1.165, 1.54) is 12.1 Å². The highest BCUT2D eigenvalue weighted by molar-refractivity contribution is 5.26. The third-order valence-electron chi connectivity index (χ3n) is 4.82. The van der Waals surface area contributed by atoms with Crippen LogP contribution in [0.15, 0.2) is 24.3 Å². The summed E-state index contributed by atoms with van der Waals surface area (Å²) in [4.78, 5) is 0. The molecule has 0 bridgehead atoms. The summed E-state index contributed by atoms with van der Waals surface area (Å²) in [5, 5.41) is 10.5. The number of halogens is 3. The Morgan fingerprint density at radius 1 is 1.19 bits per heavy atom. The van der Waals surface area contributed by atoms with Crippen LogP contribution in [0.2, 0.25) is 0 Å². The van der Waals surface area contributed by atoms with Crippen LogP contribution in [0.1, 0.15) is 49.3 Å². The van der Waals surface area contributed by atoms with Crippen LogP contribution in [-0.2, 0) is 10.9 Å². The summed E-state index contributed by atoms with van der Waals surface area (Å²) < 4.78 is 43.5. The van der Waals surface area contributed by atoms with Gasteiger partial charge in [-0.3, -0.25) is 0 Å². The fraction of sp³-hybridized carbons (Fsp3) is 0.625. The first-order valence-electron chi connectivity index (χ1n) is 7.39. The van der Waals surface area contributed by atoms with E-state index in [0.29, 0.717) is 12.2 Å². The average molecular weight is 300 g/mol. The molecule has 2 nitrogen and oxygen atoms in total. The zero-order chi connectivity index (χ0) is 15.1. The number of benzene rings is 1. The van der Waals surface area contributed by atoms with Crippen LogP contribution >= 0.6 is 0 Å². The lowest BCUT2D eigenvalue weighted by Crippen LogP contribution is -2.46. The Labute approximate surface area is 121 Å². The van der Waals surface area contributed by atoms with Gasteiger partial charge in [0.1, 0.15) is 0 Å². The molecule has 3 rings (SSSR count). The molecule has 21 heavy (non-hydrogen) atoms. The Hall–Kier alpha value is -1.07. The smallest absolute Gasteiger partial charge is 0.388 e. The van der Waals surface area contributed by atoms with Gasteiger partial charge in [-0.2, -0.15) is 13.2 Å². The Kier molecular flexibility index (Phi) is 3.74. The minimum atomic E-state index is -4.34. The van der Waals surface area contributed by atoms with Gasteiger partial charge in [-0.15, -0.1) is 0 Å². The number of ether oxygens (including phenoxy) is 1. The van der Waals surface area contributed by atoms with Crippen molar-refractivity contribution in [3.8, 4) is 0 Å². The average Bonchev–Trinajstić information content (AvgIpc) is 2.44. The summed E-state index contributed by atoms with van der Waals surface area (Å²) in [6.07, 6.45) is -0.277. The molecule has 5 heteroatoms. The lowest BCUT2D eigenvalue weighted by molar-refractivity contribution is -0.157. The highest BCUT2D eigenvalue weighted by atomic mass is 19.4. The van der Waals surface area contributed by atoms with Gasteiger partial charge in [0.2, 0.25) is 0 Å². The van der Waals surface area contributed by atoms with Gasteiger partial charge in [-0.25, -0.2) is 0 Å². The Bertz CT molecular complexity index is 491. The second kappa shape index (κ2) is 5.29. The van der Waals surface area contributed by atoms with Gasteiger partial charge in [0.15, 0.2) is 0 Å². The van der Waals surface area contributed by atoms with Crippen molar-refractivity contribution in [2.75, 3.05) is 6.61 Å². The molecule has 1 saturated carbocycles. The number of rotatable bonds is 2. The summed E-state index contributed by atoms with van der Waals surface area (Å²) in [6.45, 7) is 0.627. The van der Waals surface area contributed by atoms with Crippen LogP contribution < -0.4 is 0 Å². The van der Waals surface area contributed by atoms with E-state index in [0.717, 1.165) is 44.2 Å². The van der Waals surface area contributed by atoms with E-state index in [-0.39, 0.29) is 11.5 Å². The van der Waals surface area contributed by atoms with Crippen molar-refractivity contribution in [2.45, 2.75) is 50.0 Å². The number of aliphatic hydroxyl groups is 1. The fourth-order valence-electron chi connectivity index (χ4n) is 3.40. The van der Waals surface area contributed by atoms with Gasteiger partial charge >= 0.3 is 6.18 Å². The maximum absolute atomic E-state index is 12.6. The number of hydrogen-bond acceptors (Lipinski definition) is 2. The molecule has 0 aromatic heterocycles. The predicted molar refractivity (Wildman–Crippen MR) is 71.7 cm³/mol. The molecule has 2 unspecified atom stereocenters. The SMILES string of the molecule is OC(c1ccc(C(F)(F)F)cc1)C1CCOC2(CCC2)C1. The van der Waals surface area contributed by atoms with Crippen molar-refractivity contribution in [3.63, 3.8) is 0 Å². The number of alkyl halides is 3. The summed E-state index contributed by atoms with van der Waals surface area (Å²) in [6, 6.07) is 4.85. The Morgan fingerprint density at radius 2 is 1.86 bits per heavy atom. The van der Waals surface area contributed by atoms with Gasteiger partial charge < -0.3 is 9.84 Å². The zero-order valence-corrected chi connectivity index (χ0v) is 11.7. The zero-order valence-electron chi connectivity index (χ0n) is 11.7. The van der Waals surface area contributed by atoms with Crippen molar-refractivity contribution in [2.24, 2.45) is 5.92 Å². The van der Waals surface area contributed by atoms with Gasteiger partial charge in [0, 0.05) is 6.61 Å². The standard InChI is InChI=1S/C16H19F3O2/c17-16(18,19)13-4-2-11(3-5-13)14(20)12-6-9-21-15(10-12)7-1-8-15/h2-5,12,14,20H,1,6-10H2.